The number of hydrogen-bond donors (Lipinski definition) is 3. The molecule has 0 spiro atoms. The summed E-state index contributed by atoms with van der Waals surface area (Å²) < 4.78 is 40.9. The molecule has 29 heavy (non-hydrogen) atoms. The lowest BCUT2D eigenvalue weighted by atomic mass is 9.86. The van der Waals surface area contributed by atoms with Crippen molar-refractivity contribution in [3.8, 4) is 0 Å². The van der Waals surface area contributed by atoms with Crippen LogP contribution in [0.4, 0.5) is 10.2 Å². The normalized spacial score (nSPS) is 20.6. The first kappa shape index (κ1) is 21.8. The summed E-state index contributed by atoms with van der Waals surface area (Å²) in [5.74, 6) is 1.07. The van der Waals surface area contributed by atoms with Crippen molar-refractivity contribution >= 4 is 21.8 Å². The maximum atomic E-state index is 13.9. The molecule has 1 saturated heterocycles. The first-order valence-electron chi connectivity index (χ1n) is 10.3. The number of sulfonamides is 1. The molecule has 1 aromatic heterocycles. The van der Waals surface area contributed by atoms with Crippen LogP contribution in [0.1, 0.15) is 32.6 Å². The van der Waals surface area contributed by atoms with Gasteiger partial charge in [0.2, 0.25) is 10.0 Å². The van der Waals surface area contributed by atoms with Crippen LogP contribution < -0.4 is 20.3 Å². The summed E-state index contributed by atoms with van der Waals surface area (Å²) in [7, 11) is -3.31. The van der Waals surface area contributed by atoms with E-state index in [1.165, 1.54) is 12.5 Å². The topological polar surface area (TPSA) is 98.7 Å². The summed E-state index contributed by atoms with van der Waals surface area (Å²) in [6.07, 6.45) is 5.82. The number of aromatic nitrogens is 1. The van der Waals surface area contributed by atoms with E-state index in [9.17, 15) is 12.8 Å². The second-order valence-electron chi connectivity index (χ2n) is 7.61. The van der Waals surface area contributed by atoms with Gasteiger partial charge >= 0.3 is 0 Å². The Labute approximate surface area is 172 Å². The highest BCUT2D eigenvalue weighted by Crippen LogP contribution is 2.25. The van der Waals surface area contributed by atoms with Crippen molar-refractivity contribution in [2.24, 2.45) is 10.9 Å². The van der Waals surface area contributed by atoms with Gasteiger partial charge in [-0.2, -0.15) is 0 Å². The number of halogens is 1. The zero-order chi connectivity index (χ0) is 20.7. The number of nitrogens with zero attached hydrogens (tertiary/aromatic N) is 3. The molecule has 1 saturated carbocycles. The third-order valence-electron chi connectivity index (χ3n) is 5.36. The molecule has 10 heteroatoms. The van der Waals surface area contributed by atoms with Crippen LogP contribution in [-0.2, 0) is 10.0 Å². The van der Waals surface area contributed by atoms with Gasteiger partial charge in [0.25, 0.3) is 0 Å². The summed E-state index contributed by atoms with van der Waals surface area (Å²) in [6.45, 7) is 4.65. The number of hydrogen-bond acceptors (Lipinski definition) is 5. The lowest BCUT2D eigenvalue weighted by molar-refractivity contribution is 0.316. The number of pyridine rings is 1. The third-order valence-corrected chi connectivity index (χ3v) is 6.69. The van der Waals surface area contributed by atoms with Crippen LogP contribution in [-0.4, -0.2) is 63.9 Å². The summed E-state index contributed by atoms with van der Waals surface area (Å²) in [6, 6.07) is 3.08. The van der Waals surface area contributed by atoms with Crippen LogP contribution in [0.25, 0.3) is 0 Å². The van der Waals surface area contributed by atoms with Gasteiger partial charge in [-0.15, -0.1) is 0 Å². The van der Waals surface area contributed by atoms with Crippen molar-refractivity contribution in [1.82, 2.24) is 20.3 Å². The van der Waals surface area contributed by atoms with Crippen LogP contribution in [0.2, 0.25) is 0 Å². The number of guanidine groups is 1. The fourth-order valence-corrected chi connectivity index (χ4v) is 4.45. The molecule has 1 unspecified atom stereocenters. The van der Waals surface area contributed by atoms with E-state index in [0.717, 1.165) is 19.3 Å². The molecule has 1 aromatic rings. The Kier molecular flexibility index (Phi) is 7.65. The van der Waals surface area contributed by atoms with E-state index < -0.39 is 10.0 Å². The second kappa shape index (κ2) is 10.2. The van der Waals surface area contributed by atoms with Crippen LogP contribution in [0.15, 0.2) is 23.3 Å². The van der Waals surface area contributed by atoms with Crippen LogP contribution >= 0.6 is 0 Å². The van der Waals surface area contributed by atoms with Crippen molar-refractivity contribution in [3.63, 3.8) is 0 Å². The largest absolute Gasteiger partial charge is 0.357 e. The van der Waals surface area contributed by atoms with Crippen molar-refractivity contribution < 1.29 is 12.8 Å². The molecule has 0 bridgehead atoms. The van der Waals surface area contributed by atoms with Crippen molar-refractivity contribution in [1.29, 1.82) is 0 Å². The molecular formula is C19H31FN6O2S. The van der Waals surface area contributed by atoms with Crippen molar-refractivity contribution in [2.75, 3.05) is 43.4 Å². The van der Waals surface area contributed by atoms with Gasteiger partial charge < -0.3 is 15.5 Å². The molecule has 3 N–H and O–H groups in total. The van der Waals surface area contributed by atoms with Crippen LogP contribution in [0, 0.1) is 11.7 Å². The molecule has 2 heterocycles. The van der Waals surface area contributed by atoms with E-state index in [2.05, 4.69) is 25.3 Å². The van der Waals surface area contributed by atoms with Gasteiger partial charge in [0, 0.05) is 38.4 Å². The summed E-state index contributed by atoms with van der Waals surface area (Å²) in [4.78, 5) is 10.4. The predicted molar refractivity (Wildman–Crippen MR) is 113 cm³/mol. The van der Waals surface area contributed by atoms with Gasteiger partial charge in [0.15, 0.2) is 17.6 Å². The highest BCUT2D eigenvalue weighted by atomic mass is 32.2. The van der Waals surface area contributed by atoms with E-state index in [4.69, 9.17) is 0 Å². The standard InChI is InChI=1S/C19H31FN6O2S/c1-2-21-19(23-10-12-29(27,28)24-13-15-5-3-6-15)25-16-8-11-26(14-16)18-17(20)7-4-9-22-18/h4,7,9,15-16,24H,2-3,5-6,8,10-14H2,1H3,(H2,21,23,25). The molecule has 0 aromatic carbocycles. The van der Waals surface area contributed by atoms with Crippen molar-refractivity contribution in [3.05, 3.63) is 24.1 Å². The summed E-state index contributed by atoms with van der Waals surface area (Å²) >= 11 is 0. The van der Waals surface area contributed by atoms with Gasteiger partial charge in [-0.05, 0) is 44.2 Å². The molecule has 3 rings (SSSR count). The fourth-order valence-electron chi connectivity index (χ4n) is 3.49. The maximum Gasteiger partial charge on any atom is 0.213 e. The molecule has 0 amide bonds. The van der Waals surface area contributed by atoms with Gasteiger partial charge in [0.05, 0.1) is 12.3 Å². The fraction of sp³-hybridized carbons (Fsp3) is 0.684. The second-order valence-corrected chi connectivity index (χ2v) is 9.54. The lowest BCUT2D eigenvalue weighted by Crippen LogP contribution is -2.45. The van der Waals surface area contributed by atoms with Gasteiger partial charge in [0.1, 0.15) is 0 Å². The monoisotopic (exact) mass is 426 g/mol. The minimum atomic E-state index is -3.31. The molecule has 1 atom stereocenters. The number of aliphatic imine (C=N–C) groups is 1. The minimum absolute atomic E-state index is 0.0355. The van der Waals surface area contributed by atoms with Gasteiger partial charge in [-0.25, -0.2) is 22.5 Å². The lowest BCUT2D eigenvalue weighted by Gasteiger charge is -2.25. The van der Waals surface area contributed by atoms with Crippen LogP contribution in [0.3, 0.4) is 0 Å². The van der Waals surface area contributed by atoms with E-state index in [-0.39, 0.29) is 24.2 Å². The van der Waals surface area contributed by atoms with E-state index in [0.29, 0.717) is 43.9 Å². The smallest absolute Gasteiger partial charge is 0.213 e. The molecule has 2 aliphatic rings. The maximum absolute atomic E-state index is 13.9. The quantitative estimate of drug-likeness (QED) is 0.404. The Morgan fingerprint density at radius 1 is 1.38 bits per heavy atom. The van der Waals surface area contributed by atoms with E-state index >= 15 is 0 Å². The van der Waals surface area contributed by atoms with E-state index in [1.54, 1.807) is 12.3 Å². The Hall–Kier alpha value is -1.94. The van der Waals surface area contributed by atoms with Crippen LogP contribution in [0.5, 0.6) is 0 Å². The Bertz CT molecular complexity index is 800. The molecular weight excluding hydrogens is 395 g/mol. The van der Waals surface area contributed by atoms with Gasteiger partial charge in [-0.1, -0.05) is 6.42 Å². The Morgan fingerprint density at radius 2 is 2.21 bits per heavy atom. The SMILES string of the molecule is CCNC(=NCCS(=O)(=O)NCC1CCC1)NC1CCN(c2ncccc2F)C1. The highest BCUT2D eigenvalue weighted by molar-refractivity contribution is 7.89. The third kappa shape index (κ3) is 6.53. The predicted octanol–water partition coefficient (Wildman–Crippen LogP) is 1.07. The van der Waals surface area contributed by atoms with Gasteiger partial charge in [-0.3, -0.25) is 4.99 Å². The Morgan fingerprint density at radius 3 is 2.90 bits per heavy atom. The zero-order valence-corrected chi connectivity index (χ0v) is 17.7. The number of anilines is 1. The molecule has 2 fully saturated rings. The summed E-state index contributed by atoms with van der Waals surface area (Å²) in [5, 5.41) is 6.47. The van der Waals surface area contributed by atoms with Crippen molar-refractivity contribution in [2.45, 2.75) is 38.6 Å². The molecule has 1 aliphatic carbocycles. The molecule has 8 nitrogen and oxygen atoms in total. The molecule has 0 radical (unpaired) electrons. The number of nitrogens with one attached hydrogen (secondary N) is 3. The van der Waals surface area contributed by atoms with E-state index in [1.807, 2.05) is 11.8 Å². The zero-order valence-electron chi connectivity index (χ0n) is 16.9. The average Bonchev–Trinajstić information content (AvgIpc) is 3.09. The number of rotatable bonds is 9. The minimum Gasteiger partial charge on any atom is -0.357 e. The summed E-state index contributed by atoms with van der Waals surface area (Å²) in [5.41, 5.74) is 0. The molecule has 1 aliphatic heterocycles. The Balaban J connectivity index is 1.48. The molecule has 162 valence electrons. The first-order chi connectivity index (χ1) is 14.0. The first-order valence-corrected chi connectivity index (χ1v) is 12.0. The average molecular weight is 427 g/mol. The highest BCUT2D eigenvalue weighted by Gasteiger charge is 2.26.